The van der Waals surface area contributed by atoms with Crippen LogP contribution in [0.15, 0.2) is 90.0 Å². The molecule has 0 saturated heterocycles. The number of H-pyrrole nitrogens is 1. The van der Waals surface area contributed by atoms with E-state index in [1.165, 1.54) is 10.1 Å². The van der Waals surface area contributed by atoms with E-state index in [0.29, 0.717) is 18.8 Å². The maximum atomic E-state index is 13.4. The fraction of sp³-hybridized carbons (Fsp3) is 0.172. The average Bonchev–Trinajstić information content (AvgIpc) is 3.35. The molecule has 186 valence electrons. The van der Waals surface area contributed by atoms with Crippen LogP contribution in [0.5, 0.6) is 0 Å². The molecule has 5 aromatic rings. The number of carbonyl (C=O) groups excluding carboxylic acids is 1. The summed E-state index contributed by atoms with van der Waals surface area (Å²) in [6.07, 6.45) is 4.15. The highest BCUT2D eigenvalue weighted by atomic mass is 16.2. The number of aromatic nitrogens is 4. The Bertz CT molecular complexity index is 1580. The Morgan fingerprint density at radius 1 is 1.00 bits per heavy atom. The SMILES string of the molecule is Cc1nccc2[nH]c(CNC(=O)Cn3c(-c4ccccc4)cnc(NCCc4ccccc4)c3=O)cc12. The normalized spacial score (nSPS) is 10.9. The molecule has 0 spiro atoms. The standard InChI is InChI=1S/C29H28N6O2/c1-20-24-16-23(34-25(24)13-15-30-20)17-32-27(36)19-35-26(22-10-6-3-7-11-22)18-33-28(29(35)37)31-14-12-21-8-4-2-5-9-21/h2-11,13,15-16,18,34H,12,14,17,19H2,1H3,(H,31,33)(H,32,36). The summed E-state index contributed by atoms with van der Waals surface area (Å²) in [6.45, 7) is 2.69. The number of anilines is 1. The summed E-state index contributed by atoms with van der Waals surface area (Å²) in [4.78, 5) is 38.4. The number of pyridine rings is 1. The quantitative estimate of drug-likeness (QED) is 0.288. The lowest BCUT2D eigenvalue weighted by Crippen LogP contribution is -2.34. The van der Waals surface area contributed by atoms with Crippen molar-refractivity contribution in [1.82, 2.24) is 24.8 Å². The number of nitrogens with zero attached hydrogens (tertiary/aromatic N) is 3. The lowest BCUT2D eigenvalue weighted by Gasteiger charge is -2.15. The van der Waals surface area contributed by atoms with Crippen LogP contribution in [-0.4, -0.2) is 32.0 Å². The van der Waals surface area contributed by atoms with Gasteiger partial charge in [-0.1, -0.05) is 60.7 Å². The third kappa shape index (κ3) is 5.59. The predicted molar refractivity (Wildman–Crippen MR) is 145 cm³/mol. The summed E-state index contributed by atoms with van der Waals surface area (Å²) in [5, 5.41) is 7.09. The van der Waals surface area contributed by atoms with Crippen LogP contribution in [0, 0.1) is 6.92 Å². The Balaban J connectivity index is 1.34. The van der Waals surface area contributed by atoms with Gasteiger partial charge in [0.1, 0.15) is 6.54 Å². The summed E-state index contributed by atoms with van der Waals surface area (Å²) in [6, 6.07) is 23.4. The van der Waals surface area contributed by atoms with Crippen molar-refractivity contribution in [3.05, 3.63) is 112 Å². The fourth-order valence-electron chi connectivity index (χ4n) is 4.32. The molecule has 0 aliphatic carbocycles. The zero-order valence-corrected chi connectivity index (χ0v) is 20.6. The van der Waals surface area contributed by atoms with Crippen LogP contribution in [-0.2, 0) is 24.3 Å². The van der Waals surface area contributed by atoms with E-state index >= 15 is 0 Å². The predicted octanol–water partition coefficient (Wildman–Crippen LogP) is 4.07. The molecule has 8 nitrogen and oxygen atoms in total. The first-order chi connectivity index (χ1) is 18.1. The first-order valence-electron chi connectivity index (χ1n) is 12.2. The van der Waals surface area contributed by atoms with Crippen molar-refractivity contribution in [3.63, 3.8) is 0 Å². The van der Waals surface area contributed by atoms with Crippen LogP contribution in [0.3, 0.4) is 0 Å². The van der Waals surface area contributed by atoms with Gasteiger partial charge in [-0.15, -0.1) is 0 Å². The van der Waals surface area contributed by atoms with E-state index in [4.69, 9.17) is 0 Å². The van der Waals surface area contributed by atoms with Gasteiger partial charge in [0, 0.05) is 35.0 Å². The van der Waals surface area contributed by atoms with Crippen LogP contribution < -0.4 is 16.2 Å². The second kappa shape index (κ2) is 10.9. The highest BCUT2D eigenvalue weighted by Crippen LogP contribution is 2.19. The van der Waals surface area contributed by atoms with E-state index in [1.54, 1.807) is 12.4 Å². The first-order valence-corrected chi connectivity index (χ1v) is 12.2. The van der Waals surface area contributed by atoms with E-state index in [1.807, 2.05) is 79.7 Å². The number of benzene rings is 2. The highest BCUT2D eigenvalue weighted by Gasteiger charge is 2.15. The lowest BCUT2D eigenvalue weighted by atomic mass is 10.1. The number of fused-ring (bicyclic) bond motifs is 1. The minimum atomic E-state index is -0.336. The minimum Gasteiger partial charge on any atom is -0.365 e. The molecule has 0 radical (unpaired) electrons. The molecule has 37 heavy (non-hydrogen) atoms. The largest absolute Gasteiger partial charge is 0.365 e. The zero-order valence-electron chi connectivity index (χ0n) is 20.6. The third-order valence-corrected chi connectivity index (χ3v) is 6.25. The number of hydrogen-bond acceptors (Lipinski definition) is 5. The molecule has 8 heteroatoms. The van der Waals surface area contributed by atoms with Crippen LogP contribution in [0.4, 0.5) is 5.82 Å². The number of carbonyl (C=O) groups is 1. The Morgan fingerprint density at radius 3 is 2.51 bits per heavy atom. The van der Waals surface area contributed by atoms with Gasteiger partial charge in [0.2, 0.25) is 5.91 Å². The number of nitrogens with one attached hydrogen (secondary N) is 3. The molecular formula is C29H28N6O2. The van der Waals surface area contributed by atoms with Crippen LogP contribution in [0.25, 0.3) is 22.2 Å². The zero-order chi connectivity index (χ0) is 25.6. The molecule has 2 aromatic carbocycles. The van der Waals surface area contributed by atoms with Crippen molar-refractivity contribution in [2.45, 2.75) is 26.4 Å². The highest BCUT2D eigenvalue weighted by molar-refractivity contribution is 5.82. The molecule has 0 fully saturated rings. The van der Waals surface area contributed by atoms with Crippen molar-refractivity contribution in [2.75, 3.05) is 11.9 Å². The first kappa shape index (κ1) is 24.0. The summed E-state index contributed by atoms with van der Waals surface area (Å²) in [7, 11) is 0. The summed E-state index contributed by atoms with van der Waals surface area (Å²) in [5.74, 6) is -0.0452. The molecular weight excluding hydrogens is 464 g/mol. The Labute approximate surface area is 214 Å². The van der Waals surface area contributed by atoms with E-state index < -0.39 is 0 Å². The molecule has 3 aromatic heterocycles. The van der Waals surface area contributed by atoms with Gasteiger partial charge in [-0.05, 0) is 36.6 Å². The van der Waals surface area contributed by atoms with E-state index in [9.17, 15) is 9.59 Å². The molecule has 0 saturated carbocycles. The van der Waals surface area contributed by atoms with Gasteiger partial charge >= 0.3 is 0 Å². The summed E-state index contributed by atoms with van der Waals surface area (Å²) < 4.78 is 1.47. The molecule has 0 aliphatic rings. The van der Waals surface area contributed by atoms with Crippen molar-refractivity contribution >= 4 is 22.6 Å². The van der Waals surface area contributed by atoms with Crippen molar-refractivity contribution in [3.8, 4) is 11.3 Å². The smallest absolute Gasteiger partial charge is 0.294 e. The van der Waals surface area contributed by atoms with Gasteiger partial charge in [-0.3, -0.25) is 19.1 Å². The minimum absolute atomic E-state index is 0.125. The molecule has 0 atom stereocenters. The van der Waals surface area contributed by atoms with Gasteiger partial charge in [-0.2, -0.15) is 0 Å². The van der Waals surface area contributed by atoms with Gasteiger partial charge in [0.15, 0.2) is 5.82 Å². The molecule has 0 bridgehead atoms. The van der Waals surface area contributed by atoms with Gasteiger partial charge < -0.3 is 15.6 Å². The molecule has 0 aliphatic heterocycles. The van der Waals surface area contributed by atoms with Gasteiger partial charge in [-0.25, -0.2) is 4.98 Å². The molecule has 3 heterocycles. The second-order valence-electron chi connectivity index (χ2n) is 8.84. The number of aromatic amines is 1. The average molecular weight is 493 g/mol. The number of hydrogen-bond donors (Lipinski definition) is 3. The maximum Gasteiger partial charge on any atom is 0.294 e. The van der Waals surface area contributed by atoms with E-state index in [0.717, 1.165) is 34.3 Å². The van der Waals surface area contributed by atoms with Crippen molar-refractivity contribution < 1.29 is 4.79 Å². The monoisotopic (exact) mass is 492 g/mol. The topological polar surface area (TPSA) is 105 Å². The fourth-order valence-corrected chi connectivity index (χ4v) is 4.32. The Hall–Kier alpha value is -4.72. The summed E-state index contributed by atoms with van der Waals surface area (Å²) in [5.41, 5.74) is 4.99. The van der Waals surface area contributed by atoms with Gasteiger partial charge in [0.25, 0.3) is 5.56 Å². The maximum absolute atomic E-state index is 13.4. The van der Waals surface area contributed by atoms with E-state index in [-0.39, 0.29) is 23.8 Å². The second-order valence-corrected chi connectivity index (χ2v) is 8.84. The number of aryl methyl sites for hydroxylation is 1. The Morgan fingerprint density at radius 2 is 1.76 bits per heavy atom. The molecule has 1 amide bonds. The van der Waals surface area contributed by atoms with Crippen molar-refractivity contribution in [1.29, 1.82) is 0 Å². The molecule has 3 N–H and O–H groups in total. The van der Waals surface area contributed by atoms with Gasteiger partial charge in [0.05, 0.1) is 18.4 Å². The van der Waals surface area contributed by atoms with Crippen molar-refractivity contribution in [2.24, 2.45) is 0 Å². The van der Waals surface area contributed by atoms with Crippen LogP contribution in [0.1, 0.15) is 17.0 Å². The third-order valence-electron chi connectivity index (χ3n) is 6.25. The number of amides is 1. The molecule has 0 unspecified atom stereocenters. The lowest BCUT2D eigenvalue weighted by molar-refractivity contribution is -0.121. The van der Waals surface area contributed by atoms with Crippen LogP contribution in [0.2, 0.25) is 0 Å². The number of rotatable bonds is 9. The Kier molecular flexibility index (Phi) is 7.07. The van der Waals surface area contributed by atoms with Crippen LogP contribution >= 0.6 is 0 Å². The van der Waals surface area contributed by atoms with E-state index in [2.05, 4.69) is 25.6 Å². The summed E-state index contributed by atoms with van der Waals surface area (Å²) >= 11 is 0. The molecule has 5 rings (SSSR count).